The second kappa shape index (κ2) is 7.82. The van der Waals surface area contributed by atoms with E-state index in [1.54, 1.807) is 29.2 Å². The van der Waals surface area contributed by atoms with E-state index >= 15 is 0 Å². The van der Waals surface area contributed by atoms with Gasteiger partial charge in [-0.2, -0.15) is 4.72 Å². The molecule has 3 rings (SSSR count). The van der Waals surface area contributed by atoms with Crippen molar-refractivity contribution >= 4 is 21.6 Å². The molecule has 0 radical (unpaired) electrons. The van der Waals surface area contributed by atoms with E-state index in [1.165, 1.54) is 0 Å². The molecule has 6 heteroatoms. The van der Waals surface area contributed by atoms with E-state index in [1.807, 2.05) is 45.0 Å². The molecule has 1 aliphatic heterocycles. The van der Waals surface area contributed by atoms with Crippen LogP contribution in [0.1, 0.15) is 31.4 Å². The van der Waals surface area contributed by atoms with Gasteiger partial charge < -0.3 is 4.90 Å². The van der Waals surface area contributed by atoms with Crippen LogP contribution in [0.25, 0.3) is 0 Å². The van der Waals surface area contributed by atoms with Crippen molar-refractivity contribution < 1.29 is 13.2 Å². The summed E-state index contributed by atoms with van der Waals surface area (Å²) in [5.74, 6) is -0.0122. The molecule has 0 spiro atoms. The standard InChI is InChI=1S/C21H26N2O3S/c1-15(2)14-19(22-27(25,26)18-10-8-16(3)9-11-18)21(24)23-13-12-17-6-4-5-7-20(17)23/h4-11,15,19,22H,12-14H2,1-3H3. The van der Waals surface area contributed by atoms with E-state index in [9.17, 15) is 13.2 Å². The number of hydrogen-bond donors (Lipinski definition) is 1. The van der Waals surface area contributed by atoms with Gasteiger partial charge in [-0.25, -0.2) is 8.42 Å². The number of nitrogens with zero attached hydrogens (tertiary/aromatic N) is 1. The lowest BCUT2D eigenvalue weighted by atomic mass is 10.0. The Kier molecular flexibility index (Phi) is 5.67. The lowest BCUT2D eigenvalue weighted by Gasteiger charge is -2.26. The van der Waals surface area contributed by atoms with Gasteiger partial charge >= 0.3 is 0 Å². The maximum absolute atomic E-state index is 13.2. The monoisotopic (exact) mass is 386 g/mol. The first kappa shape index (κ1) is 19.6. The number of hydrogen-bond acceptors (Lipinski definition) is 3. The van der Waals surface area contributed by atoms with Crippen LogP contribution >= 0.6 is 0 Å². The molecule has 2 aromatic rings. The topological polar surface area (TPSA) is 66.5 Å². The smallest absolute Gasteiger partial charge is 0.245 e. The first-order chi connectivity index (χ1) is 12.8. The molecule has 1 aliphatic rings. The maximum Gasteiger partial charge on any atom is 0.245 e. The number of para-hydroxylation sites is 1. The van der Waals surface area contributed by atoms with Gasteiger partial charge in [-0.1, -0.05) is 49.7 Å². The number of anilines is 1. The van der Waals surface area contributed by atoms with Crippen LogP contribution in [0.2, 0.25) is 0 Å². The van der Waals surface area contributed by atoms with Crippen molar-refractivity contribution in [2.45, 2.75) is 44.6 Å². The second-order valence-corrected chi connectivity index (χ2v) is 9.20. The van der Waals surface area contributed by atoms with Gasteiger partial charge in [0.1, 0.15) is 6.04 Å². The average Bonchev–Trinajstić information content (AvgIpc) is 3.04. The summed E-state index contributed by atoms with van der Waals surface area (Å²) in [6.07, 6.45) is 1.24. The van der Waals surface area contributed by atoms with E-state index in [0.29, 0.717) is 13.0 Å². The van der Waals surface area contributed by atoms with Crippen LogP contribution in [-0.4, -0.2) is 26.9 Å². The molecule has 1 atom stereocenters. The van der Waals surface area contributed by atoms with E-state index in [-0.39, 0.29) is 16.7 Å². The fraction of sp³-hybridized carbons (Fsp3) is 0.381. The predicted octanol–water partition coefficient (Wildman–Crippen LogP) is 3.28. The van der Waals surface area contributed by atoms with Crippen molar-refractivity contribution in [2.24, 2.45) is 5.92 Å². The van der Waals surface area contributed by atoms with Gasteiger partial charge in [-0.3, -0.25) is 4.79 Å². The van der Waals surface area contributed by atoms with Gasteiger partial charge in [0.05, 0.1) is 4.90 Å². The Hall–Kier alpha value is -2.18. The number of carbonyl (C=O) groups excluding carboxylic acids is 1. The minimum absolute atomic E-state index is 0.177. The number of carbonyl (C=O) groups is 1. The van der Waals surface area contributed by atoms with Crippen LogP contribution in [0, 0.1) is 12.8 Å². The van der Waals surface area contributed by atoms with Crippen molar-refractivity contribution in [2.75, 3.05) is 11.4 Å². The molecule has 1 unspecified atom stereocenters. The van der Waals surface area contributed by atoms with Gasteiger partial charge in [-0.05, 0) is 49.4 Å². The van der Waals surface area contributed by atoms with Crippen molar-refractivity contribution in [1.82, 2.24) is 4.72 Å². The molecule has 0 saturated heterocycles. The molecular weight excluding hydrogens is 360 g/mol. The van der Waals surface area contributed by atoms with Crippen LogP contribution in [0.15, 0.2) is 53.4 Å². The Morgan fingerprint density at radius 1 is 1.11 bits per heavy atom. The molecule has 27 heavy (non-hydrogen) atoms. The van der Waals surface area contributed by atoms with Crippen molar-refractivity contribution in [3.05, 3.63) is 59.7 Å². The molecule has 0 aliphatic carbocycles. The van der Waals surface area contributed by atoms with Crippen LogP contribution in [0.5, 0.6) is 0 Å². The van der Waals surface area contributed by atoms with E-state index in [4.69, 9.17) is 0 Å². The summed E-state index contributed by atoms with van der Waals surface area (Å²) in [4.78, 5) is 15.1. The fourth-order valence-electron chi connectivity index (χ4n) is 3.40. The van der Waals surface area contributed by atoms with Crippen molar-refractivity contribution in [3.8, 4) is 0 Å². The predicted molar refractivity (Wildman–Crippen MR) is 107 cm³/mol. The Bertz CT molecular complexity index is 921. The number of benzene rings is 2. The third kappa shape index (κ3) is 4.39. The van der Waals surface area contributed by atoms with Crippen molar-refractivity contribution in [3.63, 3.8) is 0 Å². The molecule has 1 N–H and O–H groups in total. The average molecular weight is 387 g/mol. The Labute approximate surface area is 161 Å². The first-order valence-corrected chi connectivity index (χ1v) is 10.7. The van der Waals surface area contributed by atoms with Gasteiger partial charge in [0.15, 0.2) is 0 Å². The van der Waals surface area contributed by atoms with Crippen LogP contribution in [0.4, 0.5) is 5.69 Å². The lowest BCUT2D eigenvalue weighted by molar-refractivity contribution is -0.120. The molecule has 0 saturated carbocycles. The zero-order valence-corrected chi connectivity index (χ0v) is 16.8. The lowest BCUT2D eigenvalue weighted by Crippen LogP contribution is -2.48. The largest absolute Gasteiger partial charge is 0.310 e. The summed E-state index contributed by atoms with van der Waals surface area (Å²) in [5, 5.41) is 0. The minimum Gasteiger partial charge on any atom is -0.310 e. The molecule has 0 bridgehead atoms. The number of aryl methyl sites for hydroxylation is 1. The van der Waals surface area contributed by atoms with Gasteiger partial charge in [0, 0.05) is 12.2 Å². The summed E-state index contributed by atoms with van der Waals surface area (Å²) in [7, 11) is -3.77. The summed E-state index contributed by atoms with van der Waals surface area (Å²) in [6, 6.07) is 13.6. The quantitative estimate of drug-likeness (QED) is 0.828. The fourth-order valence-corrected chi connectivity index (χ4v) is 4.60. The molecule has 2 aromatic carbocycles. The highest BCUT2D eigenvalue weighted by molar-refractivity contribution is 7.89. The normalized spacial score (nSPS) is 15.0. The Morgan fingerprint density at radius 3 is 2.44 bits per heavy atom. The Morgan fingerprint density at radius 2 is 1.78 bits per heavy atom. The van der Waals surface area contributed by atoms with E-state index in [2.05, 4.69) is 4.72 Å². The number of sulfonamides is 1. The zero-order chi connectivity index (χ0) is 19.6. The molecular formula is C21H26N2O3S. The van der Waals surface area contributed by atoms with Gasteiger partial charge in [-0.15, -0.1) is 0 Å². The molecule has 1 amide bonds. The number of amides is 1. The van der Waals surface area contributed by atoms with E-state index in [0.717, 1.165) is 23.2 Å². The third-order valence-corrected chi connectivity index (χ3v) is 6.27. The highest BCUT2D eigenvalue weighted by Crippen LogP contribution is 2.29. The maximum atomic E-state index is 13.2. The number of fused-ring (bicyclic) bond motifs is 1. The van der Waals surface area contributed by atoms with E-state index < -0.39 is 16.1 Å². The number of rotatable bonds is 6. The van der Waals surface area contributed by atoms with Crippen LogP contribution in [-0.2, 0) is 21.2 Å². The van der Waals surface area contributed by atoms with Gasteiger partial charge in [0.25, 0.3) is 0 Å². The summed E-state index contributed by atoms with van der Waals surface area (Å²) in [6.45, 7) is 6.45. The van der Waals surface area contributed by atoms with Gasteiger partial charge in [0.2, 0.25) is 15.9 Å². The highest BCUT2D eigenvalue weighted by atomic mass is 32.2. The molecule has 1 heterocycles. The highest BCUT2D eigenvalue weighted by Gasteiger charge is 2.33. The Balaban J connectivity index is 1.86. The van der Waals surface area contributed by atoms with Crippen molar-refractivity contribution in [1.29, 1.82) is 0 Å². The SMILES string of the molecule is Cc1ccc(S(=O)(=O)NC(CC(C)C)C(=O)N2CCc3ccccc32)cc1. The summed E-state index contributed by atoms with van der Waals surface area (Å²) >= 11 is 0. The van der Waals surface area contributed by atoms with Crippen LogP contribution in [0.3, 0.4) is 0 Å². The number of nitrogens with one attached hydrogen (secondary N) is 1. The minimum atomic E-state index is -3.77. The molecule has 5 nitrogen and oxygen atoms in total. The molecule has 0 aromatic heterocycles. The van der Waals surface area contributed by atoms with Crippen LogP contribution < -0.4 is 9.62 Å². The summed E-state index contributed by atoms with van der Waals surface area (Å²) in [5.41, 5.74) is 2.98. The summed E-state index contributed by atoms with van der Waals surface area (Å²) < 4.78 is 28.3. The second-order valence-electron chi connectivity index (χ2n) is 7.49. The third-order valence-electron chi connectivity index (χ3n) is 4.79. The first-order valence-electron chi connectivity index (χ1n) is 9.26. The molecule has 0 fully saturated rings. The molecule has 144 valence electrons. The zero-order valence-electron chi connectivity index (χ0n) is 16.0.